The fourth-order valence-electron chi connectivity index (χ4n) is 2.60. The Hall–Kier alpha value is -2.33. The number of nitrogens with one attached hydrogen (secondary N) is 1. The van der Waals surface area contributed by atoms with Crippen LogP contribution in [0.5, 0.6) is 0 Å². The smallest absolute Gasteiger partial charge is 0.224 e. The van der Waals surface area contributed by atoms with Crippen molar-refractivity contribution in [3.05, 3.63) is 64.2 Å². The minimum absolute atomic E-state index is 0.0592. The van der Waals surface area contributed by atoms with Gasteiger partial charge >= 0.3 is 0 Å². The van der Waals surface area contributed by atoms with E-state index >= 15 is 0 Å². The zero-order valence-corrected chi connectivity index (χ0v) is 15.6. The molecular weight excluding hydrogens is 336 g/mol. The lowest BCUT2D eigenvalue weighted by Crippen LogP contribution is -2.38. The van der Waals surface area contributed by atoms with Crippen LogP contribution in [0.4, 0.5) is 5.69 Å². The second kappa shape index (κ2) is 8.67. The van der Waals surface area contributed by atoms with Crippen LogP contribution in [0, 0.1) is 13.8 Å². The molecule has 5 heteroatoms. The van der Waals surface area contributed by atoms with Gasteiger partial charge in [0.15, 0.2) is 0 Å². The molecule has 0 aliphatic heterocycles. The number of carbonyl (C=O) groups excluding carboxylic acids is 2. The van der Waals surface area contributed by atoms with Crippen LogP contribution in [0.25, 0.3) is 0 Å². The molecule has 0 bridgehead atoms. The van der Waals surface area contributed by atoms with Gasteiger partial charge in [-0.05, 0) is 37.1 Å². The van der Waals surface area contributed by atoms with Gasteiger partial charge in [-0.1, -0.05) is 47.5 Å². The van der Waals surface area contributed by atoms with Crippen LogP contribution in [-0.4, -0.2) is 24.9 Å². The zero-order chi connectivity index (χ0) is 18.4. The van der Waals surface area contributed by atoms with Crippen molar-refractivity contribution in [1.29, 1.82) is 0 Å². The number of rotatable bonds is 6. The maximum atomic E-state index is 12.1. The molecule has 25 heavy (non-hydrogen) atoms. The van der Waals surface area contributed by atoms with Crippen LogP contribution in [-0.2, 0) is 16.0 Å². The molecule has 0 radical (unpaired) electrons. The summed E-state index contributed by atoms with van der Waals surface area (Å²) in [6, 6.07) is 13.4. The van der Waals surface area contributed by atoms with Crippen LogP contribution in [0.3, 0.4) is 0 Å². The van der Waals surface area contributed by atoms with E-state index in [0.29, 0.717) is 24.5 Å². The summed E-state index contributed by atoms with van der Waals surface area (Å²) in [5, 5.41) is 3.48. The van der Waals surface area contributed by atoms with Gasteiger partial charge in [0.2, 0.25) is 11.8 Å². The SMILES string of the molecule is CC(=O)N(CCNC(=O)Cc1cccc(C)c1)c1ccc(C)c(Cl)c1. The minimum atomic E-state index is -0.0900. The number of aryl methyl sites for hydroxylation is 2. The molecule has 0 fully saturated rings. The second-order valence-corrected chi connectivity index (χ2v) is 6.53. The van der Waals surface area contributed by atoms with Crippen molar-refractivity contribution in [2.75, 3.05) is 18.0 Å². The first-order chi connectivity index (χ1) is 11.9. The summed E-state index contributed by atoms with van der Waals surface area (Å²) in [6.07, 6.45) is 0.331. The monoisotopic (exact) mass is 358 g/mol. The zero-order valence-electron chi connectivity index (χ0n) is 14.8. The van der Waals surface area contributed by atoms with Crippen molar-refractivity contribution in [3.8, 4) is 0 Å². The van der Waals surface area contributed by atoms with E-state index < -0.39 is 0 Å². The Balaban J connectivity index is 1.92. The Kier molecular flexibility index (Phi) is 6.59. The minimum Gasteiger partial charge on any atom is -0.354 e. The average Bonchev–Trinajstić information content (AvgIpc) is 2.54. The molecule has 2 rings (SSSR count). The molecule has 0 saturated heterocycles. The number of halogens is 1. The summed E-state index contributed by atoms with van der Waals surface area (Å²) in [6.45, 7) is 6.20. The number of anilines is 1. The maximum Gasteiger partial charge on any atom is 0.224 e. The van der Waals surface area contributed by atoms with Crippen LogP contribution in [0.2, 0.25) is 5.02 Å². The topological polar surface area (TPSA) is 49.4 Å². The lowest BCUT2D eigenvalue weighted by Gasteiger charge is -2.22. The van der Waals surface area contributed by atoms with Crippen molar-refractivity contribution < 1.29 is 9.59 Å². The van der Waals surface area contributed by atoms with E-state index in [2.05, 4.69) is 5.32 Å². The van der Waals surface area contributed by atoms with E-state index in [1.54, 1.807) is 11.0 Å². The number of nitrogens with zero attached hydrogens (tertiary/aromatic N) is 1. The third-order valence-corrected chi connectivity index (χ3v) is 4.36. The summed E-state index contributed by atoms with van der Waals surface area (Å²) in [7, 11) is 0. The molecule has 0 heterocycles. The Labute approximate surface area is 153 Å². The lowest BCUT2D eigenvalue weighted by atomic mass is 10.1. The fourth-order valence-corrected chi connectivity index (χ4v) is 2.77. The van der Waals surface area contributed by atoms with Gasteiger partial charge in [0.1, 0.15) is 0 Å². The molecule has 0 spiro atoms. The van der Waals surface area contributed by atoms with Gasteiger partial charge in [-0.2, -0.15) is 0 Å². The molecule has 2 amide bonds. The molecule has 0 aliphatic rings. The van der Waals surface area contributed by atoms with E-state index in [0.717, 1.165) is 22.4 Å². The normalized spacial score (nSPS) is 10.4. The highest BCUT2D eigenvalue weighted by atomic mass is 35.5. The van der Waals surface area contributed by atoms with E-state index in [1.165, 1.54) is 6.92 Å². The third-order valence-electron chi connectivity index (χ3n) is 3.95. The Morgan fingerprint density at radius 3 is 2.52 bits per heavy atom. The van der Waals surface area contributed by atoms with Crippen molar-refractivity contribution in [2.45, 2.75) is 27.2 Å². The molecule has 1 N–H and O–H groups in total. The second-order valence-electron chi connectivity index (χ2n) is 6.12. The molecule has 132 valence electrons. The fraction of sp³-hybridized carbons (Fsp3) is 0.300. The molecule has 0 atom stereocenters. The van der Waals surface area contributed by atoms with Crippen LogP contribution < -0.4 is 10.2 Å². The number of amides is 2. The molecule has 4 nitrogen and oxygen atoms in total. The third kappa shape index (κ3) is 5.61. The molecule has 0 aliphatic carbocycles. The van der Waals surface area contributed by atoms with Gasteiger partial charge in [-0.15, -0.1) is 0 Å². The lowest BCUT2D eigenvalue weighted by molar-refractivity contribution is -0.121. The molecule has 2 aromatic rings. The van der Waals surface area contributed by atoms with Gasteiger partial charge in [-0.3, -0.25) is 9.59 Å². The molecule has 2 aromatic carbocycles. The number of hydrogen-bond acceptors (Lipinski definition) is 2. The molecule has 0 unspecified atom stereocenters. The summed E-state index contributed by atoms with van der Waals surface area (Å²) < 4.78 is 0. The van der Waals surface area contributed by atoms with Gasteiger partial charge in [0, 0.05) is 30.7 Å². The van der Waals surface area contributed by atoms with Gasteiger partial charge in [0.25, 0.3) is 0 Å². The van der Waals surface area contributed by atoms with Crippen LogP contribution in [0.1, 0.15) is 23.6 Å². The van der Waals surface area contributed by atoms with Gasteiger partial charge < -0.3 is 10.2 Å². The first-order valence-electron chi connectivity index (χ1n) is 8.23. The largest absolute Gasteiger partial charge is 0.354 e. The van der Waals surface area contributed by atoms with Crippen molar-refractivity contribution in [2.24, 2.45) is 0 Å². The van der Waals surface area contributed by atoms with Crippen LogP contribution in [0.15, 0.2) is 42.5 Å². The predicted octanol–water partition coefficient (Wildman–Crippen LogP) is 3.67. The number of hydrogen-bond donors (Lipinski definition) is 1. The highest BCUT2D eigenvalue weighted by molar-refractivity contribution is 6.31. The van der Waals surface area contributed by atoms with E-state index in [1.807, 2.05) is 50.2 Å². The first kappa shape index (κ1) is 19.0. The van der Waals surface area contributed by atoms with E-state index in [9.17, 15) is 9.59 Å². The quantitative estimate of drug-likeness (QED) is 0.856. The number of carbonyl (C=O) groups is 2. The van der Waals surface area contributed by atoms with Gasteiger partial charge in [0.05, 0.1) is 6.42 Å². The predicted molar refractivity (Wildman–Crippen MR) is 102 cm³/mol. The number of benzene rings is 2. The van der Waals surface area contributed by atoms with Crippen LogP contribution >= 0.6 is 11.6 Å². The van der Waals surface area contributed by atoms with E-state index in [-0.39, 0.29) is 11.8 Å². The molecular formula is C20H23ClN2O2. The van der Waals surface area contributed by atoms with Crippen molar-refractivity contribution in [3.63, 3.8) is 0 Å². The summed E-state index contributed by atoms with van der Waals surface area (Å²) >= 11 is 6.14. The highest BCUT2D eigenvalue weighted by Gasteiger charge is 2.13. The van der Waals surface area contributed by atoms with Gasteiger partial charge in [-0.25, -0.2) is 0 Å². The Morgan fingerprint density at radius 2 is 1.88 bits per heavy atom. The Bertz CT molecular complexity index is 774. The van der Waals surface area contributed by atoms with Crippen molar-refractivity contribution in [1.82, 2.24) is 5.32 Å². The standard InChI is InChI=1S/C20H23ClN2O2/c1-14-5-4-6-17(11-14)12-20(25)22-9-10-23(16(3)24)18-8-7-15(2)19(21)13-18/h4-8,11,13H,9-10,12H2,1-3H3,(H,22,25). The molecule has 0 saturated carbocycles. The average molecular weight is 359 g/mol. The summed E-state index contributed by atoms with van der Waals surface area (Å²) in [5.74, 6) is -0.149. The summed E-state index contributed by atoms with van der Waals surface area (Å²) in [5.41, 5.74) is 3.80. The Morgan fingerprint density at radius 1 is 1.12 bits per heavy atom. The molecule has 0 aromatic heterocycles. The maximum absolute atomic E-state index is 12.1. The van der Waals surface area contributed by atoms with E-state index in [4.69, 9.17) is 11.6 Å². The summed E-state index contributed by atoms with van der Waals surface area (Å²) in [4.78, 5) is 25.6. The highest BCUT2D eigenvalue weighted by Crippen LogP contribution is 2.23. The van der Waals surface area contributed by atoms with Crippen molar-refractivity contribution >= 4 is 29.1 Å². The first-order valence-corrected chi connectivity index (χ1v) is 8.61.